The Morgan fingerprint density at radius 2 is 2.38 bits per heavy atom. The Bertz CT molecular complexity index is 82.5. The van der Waals surface area contributed by atoms with Crippen LogP contribution < -0.4 is 0 Å². The number of aliphatic carboxylic acids is 1. The van der Waals surface area contributed by atoms with E-state index in [1.165, 1.54) is 0 Å². The molecule has 0 aromatic carbocycles. The van der Waals surface area contributed by atoms with Gasteiger partial charge in [0.1, 0.15) is 0 Å². The van der Waals surface area contributed by atoms with Crippen molar-refractivity contribution in [2.75, 3.05) is 5.75 Å². The molecule has 0 bridgehead atoms. The van der Waals surface area contributed by atoms with Crippen LogP contribution in [0.25, 0.3) is 0 Å². The topological polar surface area (TPSA) is 37.3 Å². The lowest BCUT2D eigenvalue weighted by Gasteiger charge is -1.99. The number of hydrogen-bond acceptors (Lipinski definition) is 1. The van der Waals surface area contributed by atoms with Crippen molar-refractivity contribution < 1.29 is 9.90 Å². The molecule has 1 atom stereocenters. The fourth-order valence-corrected chi connectivity index (χ4v) is 0.475. The molecule has 0 amide bonds. The van der Waals surface area contributed by atoms with Gasteiger partial charge in [0.2, 0.25) is 0 Å². The Hall–Kier alpha value is -0.180. The summed E-state index contributed by atoms with van der Waals surface area (Å²) in [5.41, 5.74) is 0. The Morgan fingerprint density at radius 3 is 2.50 bits per heavy atom. The summed E-state index contributed by atoms with van der Waals surface area (Å²) in [6, 6.07) is 0. The van der Waals surface area contributed by atoms with Crippen molar-refractivity contribution in [3.05, 3.63) is 0 Å². The van der Waals surface area contributed by atoms with E-state index in [1.54, 1.807) is 0 Å². The monoisotopic (exact) mass is 133 g/mol. The first-order chi connectivity index (χ1) is 3.66. The summed E-state index contributed by atoms with van der Waals surface area (Å²) in [4.78, 5) is 9.92. The van der Waals surface area contributed by atoms with E-state index in [2.05, 4.69) is 12.6 Å². The van der Waals surface area contributed by atoms with Gasteiger partial charge in [-0.25, -0.2) is 0 Å². The van der Waals surface area contributed by atoms with E-state index in [-0.39, 0.29) is 12.3 Å². The summed E-state index contributed by atoms with van der Waals surface area (Å²) < 4.78 is 0. The first kappa shape index (κ1) is 7.82. The highest BCUT2D eigenvalue weighted by atomic mass is 32.1. The van der Waals surface area contributed by atoms with Gasteiger partial charge in [0.05, 0.1) is 0 Å². The van der Waals surface area contributed by atoms with E-state index < -0.39 is 5.97 Å². The van der Waals surface area contributed by atoms with E-state index in [1.807, 2.05) is 6.92 Å². The van der Waals surface area contributed by atoms with E-state index in [0.717, 1.165) is 0 Å². The molecule has 0 fully saturated rings. The van der Waals surface area contributed by atoms with Gasteiger partial charge in [0.15, 0.2) is 0 Å². The second kappa shape index (κ2) is 3.78. The lowest BCUT2D eigenvalue weighted by Crippen LogP contribution is -2.04. The largest absolute Gasteiger partial charge is 0.481 e. The van der Waals surface area contributed by atoms with Crippen LogP contribution in [-0.2, 0) is 4.79 Å². The van der Waals surface area contributed by atoms with Crippen LogP contribution in [0.15, 0.2) is 0 Å². The van der Waals surface area contributed by atoms with Crippen molar-refractivity contribution >= 4 is 18.6 Å². The molecule has 0 spiro atoms. The van der Waals surface area contributed by atoms with Gasteiger partial charge in [-0.3, -0.25) is 4.79 Å². The van der Waals surface area contributed by atoms with Gasteiger partial charge < -0.3 is 5.11 Å². The highest BCUT2D eigenvalue weighted by Crippen LogP contribution is 2.01. The number of carboxylic acid groups (broad SMARTS) is 1. The van der Waals surface area contributed by atoms with Crippen molar-refractivity contribution in [1.29, 1.82) is 0 Å². The predicted molar refractivity (Wildman–Crippen MR) is 33.9 cm³/mol. The van der Waals surface area contributed by atoms with Crippen molar-refractivity contribution in [3.63, 3.8) is 0 Å². The van der Waals surface area contributed by atoms with E-state index in [4.69, 9.17) is 5.11 Å². The van der Waals surface area contributed by atoms with Crippen molar-refractivity contribution in [2.45, 2.75) is 13.3 Å². The number of carbonyl (C=O) groups is 1. The van der Waals surface area contributed by atoms with Crippen molar-refractivity contribution in [3.8, 4) is 0 Å². The molecular formula is C5H9O2S. The zero-order valence-corrected chi connectivity index (χ0v) is 5.57. The van der Waals surface area contributed by atoms with Crippen molar-refractivity contribution in [1.82, 2.24) is 0 Å². The second-order valence-electron chi connectivity index (χ2n) is 1.87. The fraction of sp³-hybridized carbons (Fsp3) is 0.800. The Labute approximate surface area is 54.3 Å². The summed E-state index contributed by atoms with van der Waals surface area (Å²) in [5.74, 6) is -0.0865. The summed E-state index contributed by atoms with van der Waals surface area (Å²) in [7, 11) is 0. The molecule has 0 saturated carbocycles. The quantitative estimate of drug-likeness (QED) is 0.630. The molecule has 0 aliphatic rings. The number of carboxylic acids is 1. The van der Waals surface area contributed by atoms with Crippen LogP contribution in [-0.4, -0.2) is 16.8 Å². The minimum atomic E-state index is -0.762. The highest BCUT2D eigenvalue weighted by molar-refractivity contribution is 7.80. The third kappa shape index (κ3) is 3.99. The maximum atomic E-state index is 9.92. The summed E-state index contributed by atoms with van der Waals surface area (Å²) >= 11 is 4.63. The Morgan fingerprint density at radius 1 is 1.88 bits per heavy atom. The zero-order chi connectivity index (χ0) is 6.57. The minimum absolute atomic E-state index is 0.141. The average molecular weight is 133 g/mol. The van der Waals surface area contributed by atoms with Gasteiger partial charge in [-0.05, 0) is 5.92 Å². The third-order valence-electron chi connectivity index (χ3n) is 0.808. The molecule has 1 radical (unpaired) electrons. The smallest absolute Gasteiger partial charge is 0.303 e. The third-order valence-corrected chi connectivity index (χ3v) is 1.38. The SMILES string of the molecule is CC(C[S])CC(=O)O. The molecule has 0 aromatic rings. The van der Waals surface area contributed by atoms with Crippen LogP contribution in [0.2, 0.25) is 0 Å². The number of rotatable bonds is 3. The van der Waals surface area contributed by atoms with Gasteiger partial charge in [-0.15, -0.1) is 0 Å². The molecule has 3 heteroatoms. The molecule has 2 nitrogen and oxygen atoms in total. The molecule has 0 aromatic heterocycles. The predicted octanol–water partition coefficient (Wildman–Crippen LogP) is 1.29. The lowest BCUT2D eigenvalue weighted by atomic mass is 10.1. The molecule has 1 unspecified atom stereocenters. The maximum absolute atomic E-state index is 9.92. The Kier molecular flexibility index (Phi) is 3.69. The summed E-state index contributed by atoms with van der Waals surface area (Å²) in [6.07, 6.45) is 0.198. The van der Waals surface area contributed by atoms with E-state index in [0.29, 0.717) is 5.75 Å². The average Bonchev–Trinajstić information content (AvgIpc) is 1.65. The number of hydrogen-bond donors (Lipinski definition) is 1. The lowest BCUT2D eigenvalue weighted by molar-refractivity contribution is -0.137. The van der Waals surface area contributed by atoms with Crippen LogP contribution in [0.5, 0.6) is 0 Å². The molecule has 0 saturated heterocycles. The first-order valence-electron chi connectivity index (χ1n) is 2.46. The second-order valence-corrected chi connectivity index (χ2v) is 2.20. The van der Waals surface area contributed by atoms with E-state index in [9.17, 15) is 4.79 Å². The first-order valence-corrected chi connectivity index (χ1v) is 3.04. The van der Waals surface area contributed by atoms with Gasteiger partial charge in [-0.2, -0.15) is 0 Å². The zero-order valence-electron chi connectivity index (χ0n) is 4.76. The molecule has 0 aliphatic heterocycles. The van der Waals surface area contributed by atoms with Gasteiger partial charge in [0, 0.05) is 12.2 Å². The Balaban J connectivity index is 3.24. The van der Waals surface area contributed by atoms with Gasteiger partial charge in [0.25, 0.3) is 0 Å². The standard InChI is InChI=1S/C5H9O2S/c1-4(3-8)2-5(6)7/h4H,2-3H2,1H3,(H,6,7). The molecule has 8 heavy (non-hydrogen) atoms. The minimum Gasteiger partial charge on any atom is -0.481 e. The summed E-state index contributed by atoms with van der Waals surface area (Å²) in [6.45, 7) is 1.83. The molecule has 0 aliphatic carbocycles. The van der Waals surface area contributed by atoms with Gasteiger partial charge >= 0.3 is 5.97 Å². The van der Waals surface area contributed by atoms with Crippen LogP contribution >= 0.6 is 12.6 Å². The van der Waals surface area contributed by atoms with Crippen LogP contribution in [0, 0.1) is 5.92 Å². The normalized spacial score (nSPS) is 13.2. The van der Waals surface area contributed by atoms with Crippen molar-refractivity contribution in [2.24, 2.45) is 5.92 Å². The summed E-state index contributed by atoms with van der Waals surface area (Å²) in [5, 5.41) is 8.17. The van der Waals surface area contributed by atoms with Crippen LogP contribution in [0.1, 0.15) is 13.3 Å². The highest BCUT2D eigenvalue weighted by Gasteiger charge is 2.03. The van der Waals surface area contributed by atoms with Gasteiger partial charge in [-0.1, -0.05) is 19.6 Å². The van der Waals surface area contributed by atoms with E-state index >= 15 is 0 Å². The molecule has 0 heterocycles. The maximum Gasteiger partial charge on any atom is 0.303 e. The molecule has 0 rings (SSSR count). The molecule has 1 N–H and O–H groups in total. The van der Waals surface area contributed by atoms with Crippen LogP contribution in [0.4, 0.5) is 0 Å². The molecular weight excluding hydrogens is 124 g/mol. The molecule has 47 valence electrons. The van der Waals surface area contributed by atoms with Crippen LogP contribution in [0.3, 0.4) is 0 Å². The fourth-order valence-electron chi connectivity index (χ4n) is 0.357.